The maximum Gasteiger partial charge on any atom is 0.303 e. The molecule has 0 saturated heterocycles. The van der Waals surface area contributed by atoms with E-state index in [1.807, 2.05) is 0 Å². The standard InChI is InChI=1S/C19H34O3/c1-3-4-5-6-8-11-14-18(17(2)20)15-12-9-7-10-13-16-19(21)22/h14H,3-13,15-16H2,1-2H3,(H,21,22)/b18-14+. The molecule has 0 aliphatic rings. The Bertz CT molecular complexity index is 332. The van der Waals surface area contributed by atoms with Gasteiger partial charge >= 0.3 is 5.97 Å². The third kappa shape index (κ3) is 13.8. The molecule has 0 amide bonds. The van der Waals surface area contributed by atoms with E-state index in [2.05, 4.69) is 13.0 Å². The van der Waals surface area contributed by atoms with Crippen LogP contribution in [0.3, 0.4) is 0 Å². The predicted octanol–water partition coefficient (Wildman–Crippen LogP) is 5.68. The van der Waals surface area contributed by atoms with E-state index in [0.29, 0.717) is 0 Å². The van der Waals surface area contributed by atoms with Crippen molar-refractivity contribution in [1.82, 2.24) is 0 Å². The van der Waals surface area contributed by atoms with Gasteiger partial charge in [-0.15, -0.1) is 0 Å². The quantitative estimate of drug-likeness (QED) is 0.313. The highest BCUT2D eigenvalue weighted by Gasteiger charge is 2.03. The van der Waals surface area contributed by atoms with Gasteiger partial charge in [0.25, 0.3) is 0 Å². The lowest BCUT2D eigenvalue weighted by Gasteiger charge is -2.05. The molecule has 0 atom stereocenters. The van der Waals surface area contributed by atoms with Gasteiger partial charge < -0.3 is 5.11 Å². The molecule has 0 fully saturated rings. The lowest BCUT2D eigenvalue weighted by atomic mass is 10.0. The van der Waals surface area contributed by atoms with E-state index in [9.17, 15) is 9.59 Å². The lowest BCUT2D eigenvalue weighted by molar-refractivity contribution is -0.137. The number of carbonyl (C=O) groups is 2. The van der Waals surface area contributed by atoms with Gasteiger partial charge in [0.2, 0.25) is 0 Å². The first-order valence-electron chi connectivity index (χ1n) is 8.99. The summed E-state index contributed by atoms with van der Waals surface area (Å²) in [5, 5.41) is 8.56. The minimum absolute atomic E-state index is 0.208. The predicted molar refractivity (Wildman–Crippen MR) is 92.1 cm³/mol. The van der Waals surface area contributed by atoms with Crippen LogP contribution in [0.15, 0.2) is 11.6 Å². The molecule has 0 heterocycles. The number of hydrogen-bond acceptors (Lipinski definition) is 2. The molecule has 1 N–H and O–H groups in total. The Kier molecular flexibility index (Phi) is 14.0. The summed E-state index contributed by atoms with van der Waals surface area (Å²) >= 11 is 0. The highest BCUT2D eigenvalue weighted by Crippen LogP contribution is 2.15. The van der Waals surface area contributed by atoms with Crippen LogP contribution in [0.25, 0.3) is 0 Å². The van der Waals surface area contributed by atoms with Crippen molar-refractivity contribution in [2.24, 2.45) is 0 Å². The Labute approximate surface area is 136 Å². The lowest BCUT2D eigenvalue weighted by Crippen LogP contribution is -1.97. The molecular weight excluding hydrogens is 276 g/mol. The Balaban J connectivity index is 3.71. The first kappa shape index (κ1) is 20.9. The van der Waals surface area contributed by atoms with Crippen molar-refractivity contribution >= 4 is 11.8 Å². The van der Waals surface area contributed by atoms with Crippen molar-refractivity contribution in [3.8, 4) is 0 Å². The average molecular weight is 310 g/mol. The van der Waals surface area contributed by atoms with Gasteiger partial charge in [-0.3, -0.25) is 9.59 Å². The van der Waals surface area contributed by atoms with Gasteiger partial charge in [0.1, 0.15) is 0 Å². The fourth-order valence-corrected chi connectivity index (χ4v) is 2.57. The van der Waals surface area contributed by atoms with Gasteiger partial charge in [0.05, 0.1) is 0 Å². The number of unbranched alkanes of at least 4 members (excludes halogenated alkanes) is 9. The van der Waals surface area contributed by atoms with E-state index in [1.165, 1.54) is 32.1 Å². The summed E-state index contributed by atoms with van der Waals surface area (Å²) in [7, 11) is 0. The van der Waals surface area contributed by atoms with E-state index in [-0.39, 0.29) is 12.2 Å². The van der Waals surface area contributed by atoms with Crippen LogP contribution in [0, 0.1) is 0 Å². The number of Topliss-reactive ketones (excluding diaryl/α,β-unsaturated/α-hetero) is 1. The second-order valence-corrected chi connectivity index (χ2v) is 6.15. The van der Waals surface area contributed by atoms with E-state index < -0.39 is 5.97 Å². The van der Waals surface area contributed by atoms with Crippen LogP contribution in [-0.4, -0.2) is 16.9 Å². The summed E-state index contributed by atoms with van der Waals surface area (Å²) < 4.78 is 0. The molecule has 128 valence electrons. The first-order chi connectivity index (χ1) is 10.6. The Morgan fingerprint density at radius 3 is 1.95 bits per heavy atom. The molecule has 0 unspecified atom stereocenters. The Hall–Kier alpha value is -1.12. The smallest absolute Gasteiger partial charge is 0.303 e. The molecule has 3 nitrogen and oxygen atoms in total. The van der Waals surface area contributed by atoms with Crippen molar-refractivity contribution < 1.29 is 14.7 Å². The fraction of sp³-hybridized carbons (Fsp3) is 0.789. The van der Waals surface area contributed by atoms with E-state index in [0.717, 1.165) is 50.5 Å². The summed E-state index contributed by atoms with van der Waals surface area (Å²) in [5.41, 5.74) is 0.987. The number of carboxylic acid groups (broad SMARTS) is 1. The van der Waals surface area contributed by atoms with Crippen LogP contribution < -0.4 is 0 Å². The molecule has 0 saturated carbocycles. The van der Waals surface area contributed by atoms with Gasteiger partial charge in [-0.1, -0.05) is 57.9 Å². The van der Waals surface area contributed by atoms with Gasteiger partial charge in [0.15, 0.2) is 5.78 Å². The van der Waals surface area contributed by atoms with Crippen LogP contribution >= 0.6 is 0 Å². The zero-order valence-electron chi connectivity index (χ0n) is 14.5. The van der Waals surface area contributed by atoms with Crippen LogP contribution in [0.4, 0.5) is 0 Å². The summed E-state index contributed by atoms with van der Waals surface area (Å²) in [6, 6.07) is 0. The summed E-state index contributed by atoms with van der Waals surface area (Å²) in [4.78, 5) is 22.0. The van der Waals surface area contributed by atoms with Gasteiger partial charge in [-0.25, -0.2) is 0 Å². The van der Waals surface area contributed by atoms with Gasteiger partial charge in [-0.2, -0.15) is 0 Å². The molecule has 3 heteroatoms. The number of hydrogen-bond donors (Lipinski definition) is 1. The molecular formula is C19H34O3. The summed E-state index contributed by atoms with van der Waals surface area (Å²) in [5.74, 6) is -0.500. The summed E-state index contributed by atoms with van der Waals surface area (Å²) in [6.45, 7) is 3.88. The molecule has 0 aromatic rings. The van der Waals surface area contributed by atoms with Crippen LogP contribution in [-0.2, 0) is 9.59 Å². The third-order valence-electron chi connectivity index (χ3n) is 3.99. The van der Waals surface area contributed by atoms with Gasteiger partial charge in [0, 0.05) is 6.42 Å². The molecule has 22 heavy (non-hydrogen) atoms. The normalized spacial score (nSPS) is 11.6. The first-order valence-corrected chi connectivity index (χ1v) is 8.99. The number of allylic oxidation sites excluding steroid dienone is 2. The third-order valence-corrected chi connectivity index (χ3v) is 3.99. The van der Waals surface area contributed by atoms with E-state index in [1.54, 1.807) is 6.92 Å². The molecule has 0 radical (unpaired) electrons. The molecule has 0 spiro atoms. The van der Waals surface area contributed by atoms with Crippen LogP contribution in [0.1, 0.15) is 97.3 Å². The minimum Gasteiger partial charge on any atom is -0.481 e. The van der Waals surface area contributed by atoms with Crippen LogP contribution in [0.5, 0.6) is 0 Å². The highest BCUT2D eigenvalue weighted by molar-refractivity contribution is 5.93. The molecule has 0 aliphatic carbocycles. The molecule has 0 aromatic carbocycles. The largest absolute Gasteiger partial charge is 0.481 e. The number of ketones is 1. The summed E-state index contributed by atoms with van der Waals surface area (Å²) in [6.07, 6.45) is 15.6. The zero-order chi connectivity index (χ0) is 16.6. The second kappa shape index (κ2) is 14.8. The SMILES string of the molecule is CCCCCCC/C=C(\CCCCCCCC(=O)O)C(C)=O. The molecule has 0 bridgehead atoms. The van der Waals surface area contributed by atoms with Gasteiger partial charge in [-0.05, 0) is 44.6 Å². The molecule has 0 aliphatic heterocycles. The highest BCUT2D eigenvalue weighted by atomic mass is 16.4. The van der Waals surface area contributed by atoms with Crippen molar-refractivity contribution in [1.29, 1.82) is 0 Å². The maximum atomic E-state index is 11.6. The Morgan fingerprint density at radius 2 is 1.36 bits per heavy atom. The Morgan fingerprint density at radius 1 is 0.818 bits per heavy atom. The average Bonchev–Trinajstić information content (AvgIpc) is 2.46. The van der Waals surface area contributed by atoms with Crippen LogP contribution in [0.2, 0.25) is 0 Å². The topological polar surface area (TPSA) is 54.4 Å². The van der Waals surface area contributed by atoms with E-state index >= 15 is 0 Å². The fourth-order valence-electron chi connectivity index (χ4n) is 2.57. The number of aliphatic carboxylic acids is 1. The van der Waals surface area contributed by atoms with Crippen molar-refractivity contribution in [2.45, 2.75) is 97.3 Å². The minimum atomic E-state index is -0.708. The number of rotatable bonds is 15. The zero-order valence-corrected chi connectivity index (χ0v) is 14.5. The second-order valence-electron chi connectivity index (χ2n) is 6.15. The van der Waals surface area contributed by atoms with E-state index in [4.69, 9.17) is 5.11 Å². The molecule has 0 aromatic heterocycles. The monoisotopic (exact) mass is 310 g/mol. The van der Waals surface area contributed by atoms with Crippen molar-refractivity contribution in [3.63, 3.8) is 0 Å². The molecule has 0 rings (SSSR count). The van der Waals surface area contributed by atoms with Crippen molar-refractivity contribution in [2.75, 3.05) is 0 Å². The maximum absolute atomic E-state index is 11.6. The van der Waals surface area contributed by atoms with Crippen molar-refractivity contribution in [3.05, 3.63) is 11.6 Å². The number of carbonyl (C=O) groups excluding carboxylic acids is 1. The number of carboxylic acids is 1.